The molecule has 0 N–H and O–H groups in total. The molecule has 0 aliphatic carbocycles. The molecule has 1 unspecified atom stereocenters. The number of alkyl halides is 2. The standard InChI is InChI=1S/C19H17AsF3N4O4S/c1-32(29,30)31-10-16(28)20-15-9-24-17-5-6-18(25-27(15)17)26-11-19(22,23)8-14(26)12-3-2-4-13(21)7-12/h2-7,9,14H,8,10-11H2,1H3. The first-order chi connectivity index (χ1) is 15.0. The summed E-state index contributed by atoms with van der Waals surface area (Å²) in [7, 11) is -3.75. The number of halogens is 3. The van der Waals surface area contributed by atoms with E-state index >= 15 is 0 Å². The Morgan fingerprint density at radius 2 is 2.09 bits per heavy atom. The molecule has 2 aromatic heterocycles. The van der Waals surface area contributed by atoms with E-state index in [1.54, 1.807) is 18.2 Å². The van der Waals surface area contributed by atoms with Crippen LogP contribution in [0.4, 0.5) is 19.0 Å². The van der Waals surface area contributed by atoms with E-state index < -0.39 is 67.8 Å². The van der Waals surface area contributed by atoms with Crippen molar-refractivity contribution < 1.29 is 30.6 Å². The second-order valence-corrected chi connectivity index (χ2v) is 11.4. The van der Waals surface area contributed by atoms with Gasteiger partial charge in [0.05, 0.1) is 0 Å². The van der Waals surface area contributed by atoms with Gasteiger partial charge in [0, 0.05) is 0 Å². The summed E-state index contributed by atoms with van der Waals surface area (Å²) in [5.74, 6) is -3.28. The molecule has 13 heteroatoms. The van der Waals surface area contributed by atoms with Crippen LogP contribution in [-0.2, 0) is 19.1 Å². The maximum atomic E-state index is 14.3. The summed E-state index contributed by atoms with van der Waals surface area (Å²) >= 11 is -1.20. The Labute approximate surface area is 188 Å². The predicted molar refractivity (Wildman–Crippen MR) is 110 cm³/mol. The third-order valence-electron chi connectivity index (χ3n) is 4.76. The number of hydrogen-bond acceptors (Lipinski definition) is 7. The third kappa shape index (κ3) is 5.13. The molecule has 169 valence electrons. The summed E-state index contributed by atoms with van der Waals surface area (Å²) in [4.78, 5) is 17.7. The zero-order valence-corrected chi connectivity index (χ0v) is 19.3. The van der Waals surface area contributed by atoms with Gasteiger partial charge in [0.15, 0.2) is 0 Å². The van der Waals surface area contributed by atoms with Gasteiger partial charge in [-0.2, -0.15) is 0 Å². The van der Waals surface area contributed by atoms with E-state index in [2.05, 4.69) is 14.3 Å². The van der Waals surface area contributed by atoms with Crippen molar-refractivity contribution >= 4 is 46.4 Å². The van der Waals surface area contributed by atoms with Gasteiger partial charge in [-0.1, -0.05) is 0 Å². The van der Waals surface area contributed by atoms with E-state index in [-0.39, 0.29) is 5.82 Å². The van der Waals surface area contributed by atoms with Gasteiger partial charge in [-0.25, -0.2) is 0 Å². The van der Waals surface area contributed by atoms with Gasteiger partial charge in [-0.15, -0.1) is 0 Å². The van der Waals surface area contributed by atoms with Gasteiger partial charge in [0.2, 0.25) is 0 Å². The van der Waals surface area contributed by atoms with E-state index in [9.17, 15) is 26.4 Å². The Bertz CT molecular complexity index is 1280. The SMILES string of the molecule is CS(=O)(=O)OCC(=O)[As]c1cnc2ccc(N3CC(F)(F)CC3c3cccc(F)c3)nn12. The van der Waals surface area contributed by atoms with E-state index in [0.29, 0.717) is 15.7 Å². The van der Waals surface area contributed by atoms with Crippen LogP contribution in [0.2, 0.25) is 0 Å². The van der Waals surface area contributed by atoms with Crippen LogP contribution in [0, 0.1) is 5.82 Å². The van der Waals surface area contributed by atoms with E-state index in [1.165, 1.54) is 33.8 Å². The van der Waals surface area contributed by atoms with Gasteiger partial charge in [-0.05, 0) is 0 Å². The van der Waals surface area contributed by atoms with Crippen LogP contribution in [0.15, 0.2) is 42.6 Å². The summed E-state index contributed by atoms with van der Waals surface area (Å²) in [5.41, 5.74) is 0.818. The number of rotatable bonds is 7. The molecule has 3 aromatic rings. The van der Waals surface area contributed by atoms with Crippen LogP contribution in [0.1, 0.15) is 18.0 Å². The van der Waals surface area contributed by atoms with Crippen molar-refractivity contribution in [3.8, 4) is 0 Å². The van der Waals surface area contributed by atoms with E-state index in [1.807, 2.05) is 0 Å². The fourth-order valence-electron chi connectivity index (χ4n) is 3.47. The second-order valence-electron chi connectivity index (χ2n) is 7.31. The first kappa shape index (κ1) is 22.8. The van der Waals surface area contributed by atoms with Crippen molar-refractivity contribution in [1.29, 1.82) is 0 Å². The van der Waals surface area contributed by atoms with Crippen LogP contribution in [0.3, 0.4) is 0 Å². The van der Waals surface area contributed by atoms with Crippen molar-refractivity contribution in [2.24, 2.45) is 0 Å². The summed E-state index contributed by atoms with van der Waals surface area (Å²) in [6, 6.07) is 7.89. The zero-order chi connectivity index (χ0) is 23.1. The normalized spacial score (nSPS) is 18.8. The number of imidazole rings is 1. The van der Waals surface area contributed by atoms with Crippen LogP contribution in [0.5, 0.6) is 0 Å². The van der Waals surface area contributed by atoms with Gasteiger partial charge in [-0.3, -0.25) is 0 Å². The molecule has 0 spiro atoms. The number of fused-ring (bicyclic) bond motifs is 1. The summed E-state index contributed by atoms with van der Waals surface area (Å²) in [6.45, 7) is -1.18. The molecule has 0 bridgehead atoms. The minimum absolute atomic E-state index is 0.226. The first-order valence-corrected chi connectivity index (χ1v) is 13.0. The number of anilines is 1. The van der Waals surface area contributed by atoms with Gasteiger partial charge in [0.25, 0.3) is 0 Å². The van der Waals surface area contributed by atoms with Crippen LogP contribution >= 0.6 is 0 Å². The van der Waals surface area contributed by atoms with E-state index in [0.717, 1.165) is 6.26 Å². The van der Waals surface area contributed by atoms with Crippen LogP contribution < -0.4 is 9.38 Å². The van der Waals surface area contributed by atoms with Gasteiger partial charge in [0.1, 0.15) is 0 Å². The fraction of sp³-hybridized carbons (Fsp3) is 0.316. The summed E-state index contributed by atoms with van der Waals surface area (Å²) < 4.78 is 70.4. The Morgan fingerprint density at radius 1 is 1.31 bits per heavy atom. The number of nitrogens with zero attached hydrogens (tertiary/aromatic N) is 4. The van der Waals surface area contributed by atoms with Crippen molar-refractivity contribution in [2.75, 3.05) is 24.3 Å². The van der Waals surface area contributed by atoms with Crippen molar-refractivity contribution in [1.82, 2.24) is 14.6 Å². The molecule has 3 heterocycles. The average molecular weight is 529 g/mol. The zero-order valence-electron chi connectivity index (χ0n) is 16.7. The molecule has 1 atom stereocenters. The third-order valence-corrected chi connectivity index (χ3v) is 7.22. The van der Waals surface area contributed by atoms with Crippen LogP contribution in [-0.4, -0.2) is 68.7 Å². The average Bonchev–Trinajstić information content (AvgIpc) is 3.25. The van der Waals surface area contributed by atoms with E-state index in [4.69, 9.17) is 0 Å². The quantitative estimate of drug-likeness (QED) is 0.337. The van der Waals surface area contributed by atoms with Crippen molar-refractivity contribution in [3.63, 3.8) is 0 Å². The summed E-state index contributed by atoms with van der Waals surface area (Å²) in [5, 5.41) is 4.41. The predicted octanol–water partition coefficient (Wildman–Crippen LogP) is 1.29. The number of carbonyl (C=O) groups is 1. The molecule has 1 fully saturated rings. The molecule has 1 aliphatic rings. The maximum absolute atomic E-state index is 14.3. The van der Waals surface area contributed by atoms with Gasteiger partial charge < -0.3 is 0 Å². The molecule has 32 heavy (non-hydrogen) atoms. The van der Waals surface area contributed by atoms with Crippen molar-refractivity contribution in [2.45, 2.75) is 18.4 Å². The number of carbonyl (C=O) groups excluding carboxylic acids is 1. The Morgan fingerprint density at radius 3 is 2.81 bits per heavy atom. The number of aromatic nitrogens is 3. The molecule has 1 saturated heterocycles. The Kier molecular flexibility index (Phi) is 6.04. The molecule has 4 rings (SSSR count). The van der Waals surface area contributed by atoms with Gasteiger partial charge >= 0.3 is 188 Å². The molecule has 0 amide bonds. The molecule has 1 radical (unpaired) electrons. The first-order valence-electron chi connectivity index (χ1n) is 9.34. The molecule has 1 aromatic carbocycles. The monoisotopic (exact) mass is 529 g/mol. The van der Waals surface area contributed by atoms with Crippen LogP contribution in [0.25, 0.3) is 5.65 Å². The van der Waals surface area contributed by atoms with Crippen molar-refractivity contribution in [3.05, 3.63) is 54.0 Å². The molecular formula is C19H17AsF3N4O4S. The second kappa shape index (κ2) is 8.49. The number of benzene rings is 1. The number of hydrogen-bond donors (Lipinski definition) is 0. The fourth-order valence-corrected chi connectivity index (χ4v) is 5.54. The summed E-state index contributed by atoms with van der Waals surface area (Å²) in [6.07, 6.45) is 1.80. The molecule has 8 nitrogen and oxygen atoms in total. The molecule has 1 aliphatic heterocycles. The Hall–Kier alpha value is -2.43. The Balaban J connectivity index is 1.64. The molecular weight excluding hydrogens is 512 g/mol. The molecule has 0 saturated carbocycles. The minimum atomic E-state index is -3.75. The topological polar surface area (TPSA) is 93.9 Å².